The molecular formula is C28H32N8O2. The van der Waals surface area contributed by atoms with Crippen molar-refractivity contribution in [3.05, 3.63) is 54.7 Å². The van der Waals surface area contributed by atoms with Crippen LogP contribution in [-0.2, 0) is 7.05 Å². The Bertz CT molecular complexity index is 1530. The summed E-state index contributed by atoms with van der Waals surface area (Å²) in [5, 5.41) is 28.3. The van der Waals surface area contributed by atoms with Gasteiger partial charge in [-0.2, -0.15) is 15.5 Å². The molecule has 1 aliphatic heterocycles. The van der Waals surface area contributed by atoms with E-state index in [-0.39, 0.29) is 0 Å². The second-order valence-electron chi connectivity index (χ2n) is 11.2. The molecule has 1 amide bonds. The zero-order valence-electron chi connectivity index (χ0n) is 22.4. The number of hydrogen-bond donors (Lipinski definition) is 1. The van der Waals surface area contributed by atoms with E-state index in [0.717, 1.165) is 46.4 Å². The number of piperidine rings is 1. The van der Waals surface area contributed by atoms with Crippen LogP contribution in [0, 0.1) is 11.3 Å². The van der Waals surface area contributed by atoms with Gasteiger partial charge in [0.2, 0.25) is 0 Å². The van der Waals surface area contributed by atoms with Gasteiger partial charge in [-0.1, -0.05) is 0 Å². The first-order valence-electron chi connectivity index (χ1n) is 12.7. The summed E-state index contributed by atoms with van der Waals surface area (Å²) in [6.07, 6.45) is 9.61. The fraction of sp³-hybridized carbons (Fsp3) is 0.393. The van der Waals surface area contributed by atoms with Gasteiger partial charge in [0.25, 0.3) is 0 Å². The molecule has 4 aromatic rings. The van der Waals surface area contributed by atoms with Crippen molar-refractivity contribution in [3.8, 4) is 28.3 Å². The topological polar surface area (TPSA) is 116 Å². The molecule has 5 heterocycles. The number of anilines is 1. The summed E-state index contributed by atoms with van der Waals surface area (Å²) < 4.78 is 3.49. The van der Waals surface area contributed by atoms with E-state index in [1.54, 1.807) is 26.5 Å². The van der Waals surface area contributed by atoms with E-state index in [1.807, 2.05) is 71.5 Å². The molecule has 1 fully saturated rings. The van der Waals surface area contributed by atoms with Crippen molar-refractivity contribution >= 4 is 17.4 Å². The molecule has 1 aliphatic rings. The predicted molar refractivity (Wildman–Crippen MR) is 145 cm³/mol. The Kier molecular flexibility index (Phi) is 6.10. The minimum Gasteiger partial charge on any atom is -0.465 e. The van der Waals surface area contributed by atoms with Gasteiger partial charge in [-0.15, -0.1) is 0 Å². The van der Waals surface area contributed by atoms with Crippen molar-refractivity contribution in [1.29, 1.82) is 5.26 Å². The number of carbonyl (C=O) groups is 1. The van der Waals surface area contributed by atoms with Crippen molar-refractivity contribution in [2.24, 2.45) is 7.05 Å². The lowest BCUT2D eigenvalue weighted by Gasteiger charge is -2.51. The van der Waals surface area contributed by atoms with Gasteiger partial charge in [0.15, 0.2) is 0 Å². The van der Waals surface area contributed by atoms with Gasteiger partial charge < -0.3 is 10.0 Å². The van der Waals surface area contributed by atoms with Crippen LogP contribution in [0.4, 0.5) is 10.6 Å². The Morgan fingerprint density at radius 1 is 1.08 bits per heavy atom. The fourth-order valence-electron chi connectivity index (χ4n) is 5.65. The molecule has 0 radical (unpaired) electrons. The molecule has 10 heteroatoms. The zero-order valence-corrected chi connectivity index (χ0v) is 22.4. The fourth-order valence-corrected chi connectivity index (χ4v) is 5.65. The van der Waals surface area contributed by atoms with Crippen LogP contribution >= 0.6 is 0 Å². The van der Waals surface area contributed by atoms with E-state index in [9.17, 15) is 15.2 Å². The van der Waals surface area contributed by atoms with E-state index >= 15 is 0 Å². The lowest BCUT2D eigenvalue weighted by atomic mass is 9.84. The minimum atomic E-state index is -0.882. The SMILES string of the molecule is Cn1cc(-c2cc(-c3ccc(N4CCC(C)(N(C(=O)O)C(C)(C)C)CC4)nc3)c3c(C#N)cnn3c2)cn1. The van der Waals surface area contributed by atoms with E-state index in [2.05, 4.69) is 21.2 Å². The Hall–Kier alpha value is -4.39. The average Bonchev–Trinajstić information content (AvgIpc) is 3.48. The maximum Gasteiger partial charge on any atom is 0.408 e. The van der Waals surface area contributed by atoms with Gasteiger partial charge >= 0.3 is 6.09 Å². The van der Waals surface area contributed by atoms with Crippen LogP contribution in [-0.4, -0.2) is 64.6 Å². The van der Waals surface area contributed by atoms with E-state index in [4.69, 9.17) is 4.98 Å². The Morgan fingerprint density at radius 2 is 1.82 bits per heavy atom. The molecule has 196 valence electrons. The lowest BCUT2D eigenvalue weighted by molar-refractivity contribution is 0.0118. The number of aryl methyl sites for hydroxylation is 1. The first-order chi connectivity index (χ1) is 18.0. The molecule has 0 saturated carbocycles. The maximum atomic E-state index is 12.1. The quantitative estimate of drug-likeness (QED) is 0.417. The molecule has 5 rings (SSSR count). The van der Waals surface area contributed by atoms with Gasteiger partial charge in [0, 0.05) is 72.1 Å². The minimum absolute atomic E-state index is 0.436. The molecule has 1 saturated heterocycles. The Labute approximate surface area is 221 Å². The van der Waals surface area contributed by atoms with Crippen LogP contribution in [0.1, 0.15) is 46.1 Å². The zero-order chi connectivity index (χ0) is 27.2. The highest BCUT2D eigenvalue weighted by molar-refractivity contribution is 5.87. The number of carboxylic acid groups (broad SMARTS) is 1. The Balaban J connectivity index is 1.43. The second-order valence-corrected chi connectivity index (χ2v) is 11.2. The lowest BCUT2D eigenvalue weighted by Crippen LogP contribution is -2.61. The normalized spacial score (nSPS) is 15.4. The van der Waals surface area contributed by atoms with Gasteiger partial charge in [-0.25, -0.2) is 14.3 Å². The first kappa shape index (κ1) is 25.3. The van der Waals surface area contributed by atoms with Crippen LogP contribution in [0.3, 0.4) is 0 Å². The monoisotopic (exact) mass is 512 g/mol. The molecule has 0 unspecified atom stereocenters. The van der Waals surface area contributed by atoms with Crippen molar-refractivity contribution in [2.45, 2.75) is 51.6 Å². The molecule has 10 nitrogen and oxygen atoms in total. The highest BCUT2D eigenvalue weighted by Gasteiger charge is 2.44. The van der Waals surface area contributed by atoms with Gasteiger partial charge in [0.1, 0.15) is 11.9 Å². The van der Waals surface area contributed by atoms with E-state index in [0.29, 0.717) is 18.7 Å². The van der Waals surface area contributed by atoms with Crippen molar-refractivity contribution in [2.75, 3.05) is 18.0 Å². The number of pyridine rings is 2. The molecule has 1 N–H and O–H groups in total. The molecular weight excluding hydrogens is 480 g/mol. The van der Waals surface area contributed by atoms with Gasteiger partial charge in [-0.3, -0.25) is 9.58 Å². The Morgan fingerprint density at radius 3 is 2.37 bits per heavy atom. The third-order valence-corrected chi connectivity index (χ3v) is 7.40. The first-order valence-corrected chi connectivity index (χ1v) is 12.7. The molecule has 0 aromatic carbocycles. The molecule has 0 aliphatic carbocycles. The molecule has 0 spiro atoms. The largest absolute Gasteiger partial charge is 0.465 e. The summed E-state index contributed by atoms with van der Waals surface area (Å²) >= 11 is 0. The van der Waals surface area contributed by atoms with E-state index < -0.39 is 17.2 Å². The standard InChI is InChI=1S/C28H32N8O2/c1-27(2,3)36(26(37)38)28(4)8-10-34(11-9-28)24-7-6-19(14-30-24)23-12-20(22-16-31-33(5)17-22)18-35-25(23)21(13-29)15-32-35/h6-7,12,14-18H,8-11H2,1-5H3,(H,37,38). The van der Waals surface area contributed by atoms with Gasteiger partial charge in [0.05, 0.1) is 23.5 Å². The second kappa shape index (κ2) is 9.17. The summed E-state index contributed by atoms with van der Waals surface area (Å²) in [6, 6.07) is 8.31. The maximum absolute atomic E-state index is 12.1. The average molecular weight is 513 g/mol. The molecule has 0 bridgehead atoms. The van der Waals surface area contributed by atoms with Crippen LogP contribution in [0.15, 0.2) is 49.2 Å². The van der Waals surface area contributed by atoms with Crippen molar-refractivity contribution in [3.63, 3.8) is 0 Å². The summed E-state index contributed by atoms with van der Waals surface area (Å²) in [4.78, 5) is 20.7. The molecule has 38 heavy (non-hydrogen) atoms. The number of nitrogens with zero attached hydrogens (tertiary/aromatic N) is 8. The van der Waals surface area contributed by atoms with Crippen molar-refractivity contribution < 1.29 is 9.90 Å². The summed E-state index contributed by atoms with van der Waals surface area (Å²) in [5.41, 5.74) is 3.97. The van der Waals surface area contributed by atoms with Crippen LogP contribution in [0.2, 0.25) is 0 Å². The van der Waals surface area contributed by atoms with Crippen LogP contribution in [0.5, 0.6) is 0 Å². The number of amides is 1. The van der Waals surface area contributed by atoms with Crippen LogP contribution in [0.25, 0.3) is 27.8 Å². The smallest absolute Gasteiger partial charge is 0.408 e. The summed E-state index contributed by atoms with van der Waals surface area (Å²) in [6.45, 7) is 9.29. The summed E-state index contributed by atoms with van der Waals surface area (Å²) in [5.74, 6) is 0.849. The summed E-state index contributed by atoms with van der Waals surface area (Å²) in [7, 11) is 1.87. The number of nitriles is 1. The number of fused-ring (bicyclic) bond motifs is 1. The third-order valence-electron chi connectivity index (χ3n) is 7.40. The number of rotatable bonds is 4. The third kappa shape index (κ3) is 4.45. The highest BCUT2D eigenvalue weighted by Crippen LogP contribution is 2.36. The van der Waals surface area contributed by atoms with Gasteiger partial charge in [-0.05, 0) is 58.7 Å². The van der Waals surface area contributed by atoms with E-state index in [1.165, 1.54) is 0 Å². The number of hydrogen-bond acceptors (Lipinski definition) is 6. The van der Waals surface area contributed by atoms with Crippen LogP contribution < -0.4 is 4.90 Å². The molecule has 4 aromatic heterocycles. The highest BCUT2D eigenvalue weighted by atomic mass is 16.4. The predicted octanol–water partition coefficient (Wildman–Crippen LogP) is 4.81. The molecule has 0 atom stereocenters. The van der Waals surface area contributed by atoms with Crippen molar-refractivity contribution in [1.82, 2.24) is 29.3 Å². The number of aromatic nitrogens is 5.